The first kappa shape index (κ1) is 16.2. The van der Waals surface area contributed by atoms with Crippen LogP contribution >= 0.6 is 22.9 Å². The van der Waals surface area contributed by atoms with Gasteiger partial charge in [-0.15, -0.1) is 11.3 Å². The summed E-state index contributed by atoms with van der Waals surface area (Å²) in [6.07, 6.45) is 4.29. The van der Waals surface area contributed by atoms with E-state index in [0.717, 1.165) is 30.1 Å². The van der Waals surface area contributed by atoms with Crippen LogP contribution in [0.25, 0.3) is 0 Å². The molecule has 0 bridgehead atoms. The molecule has 7 heteroatoms. The van der Waals surface area contributed by atoms with Gasteiger partial charge in [-0.1, -0.05) is 18.5 Å². The zero-order valence-corrected chi connectivity index (χ0v) is 14.2. The molecule has 0 spiro atoms. The van der Waals surface area contributed by atoms with Crippen molar-refractivity contribution in [3.8, 4) is 0 Å². The maximum Gasteiger partial charge on any atom is 0.211 e. The molecule has 1 heterocycles. The number of halogens is 1. The summed E-state index contributed by atoms with van der Waals surface area (Å²) in [7, 11) is -3.07. The molecule has 0 saturated carbocycles. The van der Waals surface area contributed by atoms with Crippen LogP contribution in [0.4, 0.5) is 0 Å². The van der Waals surface area contributed by atoms with Gasteiger partial charge in [0.05, 0.1) is 10.6 Å². The van der Waals surface area contributed by atoms with Crippen molar-refractivity contribution < 1.29 is 8.42 Å². The van der Waals surface area contributed by atoms with Crippen LogP contribution in [0.2, 0.25) is 4.34 Å². The molecular formula is C13H21ClN2O2S2. The van der Waals surface area contributed by atoms with E-state index in [-0.39, 0.29) is 0 Å². The fraction of sp³-hybridized carbons (Fsp3) is 0.692. The van der Waals surface area contributed by atoms with Crippen LogP contribution in [0.3, 0.4) is 0 Å². The summed E-state index contributed by atoms with van der Waals surface area (Å²) in [6.45, 7) is 3.80. The highest BCUT2D eigenvalue weighted by atomic mass is 35.5. The molecule has 1 aromatic rings. The predicted molar refractivity (Wildman–Crippen MR) is 85.1 cm³/mol. The fourth-order valence-electron chi connectivity index (χ4n) is 2.63. The lowest BCUT2D eigenvalue weighted by Crippen LogP contribution is -2.32. The Morgan fingerprint density at radius 3 is 2.95 bits per heavy atom. The Morgan fingerprint density at radius 2 is 2.30 bits per heavy atom. The first-order valence-electron chi connectivity index (χ1n) is 6.88. The Bertz CT molecular complexity index is 557. The van der Waals surface area contributed by atoms with Crippen molar-refractivity contribution in [2.24, 2.45) is 0 Å². The number of hydrogen-bond donors (Lipinski definition) is 1. The van der Waals surface area contributed by atoms with E-state index in [2.05, 4.69) is 11.4 Å². The highest BCUT2D eigenvalue weighted by Crippen LogP contribution is 2.39. The molecule has 1 aromatic heterocycles. The third-order valence-electron chi connectivity index (χ3n) is 3.64. The number of rotatable bonds is 7. The zero-order valence-electron chi connectivity index (χ0n) is 11.9. The van der Waals surface area contributed by atoms with Crippen LogP contribution in [-0.4, -0.2) is 38.6 Å². The first-order chi connectivity index (χ1) is 9.41. The van der Waals surface area contributed by atoms with Crippen molar-refractivity contribution in [1.82, 2.24) is 9.62 Å². The van der Waals surface area contributed by atoms with Crippen molar-refractivity contribution >= 4 is 33.0 Å². The smallest absolute Gasteiger partial charge is 0.211 e. The molecule has 1 aliphatic carbocycles. The molecule has 0 fully saturated rings. The van der Waals surface area contributed by atoms with Crippen molar-refractivity contribution in [3.05, 3.63) is 20.8 Å². The van der Waals surface area contributed by atoms with Gasteiger partial charge in [0.2, 0.25) is 10.0 Å². The summed E-state index contributed by atoms with van der Waals surface area (Å²) >= 11 is 7.70. The summed E-state index contributed by atoms with van der Waals surface area (Å²) in [5, 5.41) is 3.51. The van der Waals surface area contributed by atoms with Gasteiger partial charge in [-0.05, 0) is 37.4 Å². The van der Waals surface area contributed by atoms with Gasteiger partial charge in [0.1, 0.15) is 0 Å². The molecule has 1 N–H and O–H groups in total. The second-order valence-electron chi connectivity index (χ2n) is 5.08. The van der Waals surface area contributed by atoms with Gasteiger partial charge in [-0.3, -0.25) is 0 Å². The second-order valence-corrected chi connectivity index (χ2v) is 8.83. The molecule has 1 aliphatic rings. The Kier molecular flexibility index (Phi) is 5.48. The molecule has 20 heavy (non-hydrogen) atoms. The quantitative estimate of drug-likeness (QED) is 0.779. The summed E-state index contributed by atoms with van der Waals surface area (Å²) in [5.41, 5.74) is 1.33. The molecular weight excluding hydrogens is 316 g/mol. The van der Waals surface area contributed by atoms with Gasteiger partial charge < -0.3 is 5.32 Å². The van der Waals surface area contributed by atoms with E-state index in [1.807, 2.05) is 6.92 Å². The van der Waals surface area contributed by atoms with E-state index in [1.165, 1.54) is 21.0 Å². The van der Waals surface area contributed by atoms with Crippen molar-refractivity contribution in [1.29, 1.82) is 0 Å². The molecule has 0 saturated heterocycles. The number of fused-ring (bicyclic) bond motifs is 1. The van der Waals surface area contributed by atoms with Gasteiger partial charge in [-0.2, -0.15) is 0 Å². The zero-order chi connectivity index (χ0) is 14.8. The fourth-order valence-corrected chi connectivity index (χ4v) is 4.92. The summed E-state index contributed by atoms with van der Waals surface area (Å²) < 4.78 is 25.3. The van der Waals surface area contributed by atoms with E-state index in [9.17, 15) is 8.42 Å². The van der Waals surface area contributed by atoms with Crippen LogP contribution in [0, 0.1) is 0 Å². The maximum absolute atomic E-state index is 11.5. The lowest BCUT2D eigenvalue weighted by molar-refractivity contribution is 0.410. The summed E-state index contributed by atoms with van der Waals surface area (Å²) in [5.74, 6) is 0. The normalized spacial score (nSPS) is 18.7. The lowest BCUT2D eigenvalue weighted by atomic mass is 10.2. The Hall–Kier alpha value is -0.140. The standard InChI is InChI=1S/C13H21ClN2O2S2/c1-3-16(20(2,17)18)8-4-7-15-11-5-6-12-10(11)9-13(14)19-12/h9,11,15H,3-8H2,1-2H3. The highest BCUT2D eigenvalue weighted by molar-refractivity contribution is 7.88. The van der Waals surface area contributed by atoms with Gasteiger partial charge in [0, 0.05) is 24.0 Å². The van der Waals surface area contributed by atoms with E-state index >= 15 is 0 Å². The Labute approximate surface area is 130 Å². The average Bonchev–Trinajstić information content (AvgIpc) is 2.87. The predicted octanol–water partition coefficient (Wildman–Crippen LogP) is 2.65. The summed E-state index contributed by atoms with van der Waals surface area (Å²) in [6, 6.07) is 2.43. The van der Waals surface area contributed by atoms with Gasteiger partial charge in [0.25, 0.3) is 0 Å². The highest BCUT2D eigenvalue weighted by Gasteiger charge is 2.24. The minimum Gasteiger partial charge on any atom is -0.310 e. The van der Waals surface area contributed by atoms with Crippen LogP contribution < -0.4 is 5.32 Å². The number of thiophene rings is 1. The maximum atomic E-state index is 11.5. The summed E-state index contributed by atoms with van der Waals surface area (Å²) in [4.78, 5) is 1.39. The third-order valence-corrected chi connectivity index (χ3v) is 6.36. The van der Waals surface area contributed by atoms with E-state index in [4.69, 9.17) is 11.6 Å². The number of aryl methyl sites for hydroxylation is 1. The van der Waals surface area contributed by atoms with Gasteiger partial charge >= 0.3 is 0 Å². The number of sulfonamides is 1. The Balaban J connectivity index is 1.77. The molecule has 0 amide bonds. The van der Waals surface area contributed by atoms with Crippen molar-refractivity contribution in [2.45, 2.75) is 32.2 Å². The molecule has 114 valence electrons. The number of nitrogens with one attached hydrogen (secondary N) is 1. The van der Waals surface area contributed by atoms with E-state index in [1.54, 1.807) is 11.3 Å². The number of hydrogen-bond acceptors (Lipinski definition) is 4. The average molecular weight is 337 g/mol. The second kappa shape index (κ2) is 6.75. The first-order valence-corrected chi connectivity index (χ1v) is 9.92. The van der Waals surface area contributed by atoms with Crippen molar-refractivity contribution in [3.63, 3.8) is 0 Å². The third kappa shape index (κ3) is 3.95. The molecule has 0 aliphatic heterocycles. The topological polar surface area (TPSA) is 49.4 Å². The monoisotopic (exact) mass is 336 g/mol. The van der Waals surface area contributed by atoms with Crippen LogP contribution in [0.5, 0.6) is 0 Å². The number of nitrogens with zero attached hydrogens (tertiary/aromatic N) is 1. The largest absolute Gasteiger partial charge is 0.310 e. The molecule has 4 nitrogen and oxygen atoms in total. The molecule has 2 rings (SSSR count). The van der Waals surface area contributed by atoms with Gasteiger partial charge in [0.15, 0.2) is 0 Å². The SMILES string of the molecule is CCN(CCCNC1CCc2sc(Cl)cc21)S(C)(=O)=O. The van der Waals surface area contributed by atoms with Crippen LogP contribution in [0.15, 0.2) is 6.07 Å². The molecule has 0 aromatic carbocycles. The van der Waals surface area contributed by atoms with Crippen LogP contribution in [-0.2, 0) is 16.4 Å². The minimum absolute atomic E-state index is 0.377. The molecule has 1 unspecified atom stereocenters. The molecule has 0 radical (unpaired) electrons. The molecule has 1 atom stereocenters. The van der Waals surface area contributed by atoms with Gasteiger partial charge in [-0.25, -0.2) is 12.7 Å². The minimum atomic E-state index is -3.07. The van der Waals surface area contributed by atoms with E-state index in [0.29, 0.717) is 19.1 Å². The van der Waals surface area contributed by atoms with Crippen molar-refractivity contribution in [2.75, 3.05) is 25.9 Å². The lowest BCUT2D eigenvalue weighted by Gasteiger charge is -2.19. The Morgan fingerprint density at radius 1 is 1.55 bits per heavy atom. The van der Waals surface area contributed by atoms with E-state index < -0.39 is 10.0 Å². The van der Waals surface area contributed by atoms with Crippen LogP contribution in [0.1, 0.15) is 36.2 Å².